The Balaban J connectivity index is 3.07. The lowest BCUT2D eigenvalue weighted by molar-refractivity contribution is -0.135. The summed E-state index contributed by atoms with van der Waals surface area (Å²) in [5.41, 5.74) is 5.97. The van der Waals surface area contributed by atoms with Crippen LogP contribution in [0.25, 0.3) is 0 Å². The molecule has 0 heterocycles. The van der Waals surface area contributed by atoms with E-state index in [9.17, 15) is 39.1 Å². The standard InChI is InChI=1S/C24H38BN5O8/c1-13(2)10-17(29-24(36)21(14(3)31)27-15(4)32)22(34)28-18(12-20(26)33)23(35)30-19(25(37)38)11-16-8-6-5-7-9-16/h5-9,13-14,17-19,21,31,37-38H,10-12H2,1-4H3,(H2,26,33)(H,27,32)(H,28,34)(H,29,36)(H,30,35)/t14-,17+,18+,19+,21+/m1/s1. The van der Waals surface area contributed by atoms with Gasteiger partial charge in [-0.3, -0.25) is 24.0 Å². The molecule has 0 aliphatic heterocycles. The lowest BCUT2D eigenvalue weighted by Gasteiger charge is -2.27. The summed E-state index contributed by atoms with van der Waals surface area (Å²) in [5, 5.41) is 39.0. The van der Waals surface area contributed by atoms with E-state index in [-0.39, 0.29) is 18.8 Å². The van der Waals surface area contributed by atoms with Gasteiger partial charge in [-0.1, -0.05) is 44.2 Å². The second-order valence-electron chi connectivity index (χ2n) is 9.56. The van der Waals surface area contributed by atoms with Gasteiger partial charge >= 0.3 is 7.12 Å². The van der Waals surface area contributed by atoms with E-state index in [0.717, 1.165) is 0 Å². The maximum Gasteiger partial charge on any atom is 0.475 e. The Morgan fingerprint density at radius 1 is 0.868 bits per heavy atom. The molecule has 0 fully saturated rings. The van der Waals surface area contributed by atoms with Crippen molar-refractivity contribution in [3.8, 4) is 0 Å². The first-order chi connectivity index (χ1) is 17.7. The number of amides is 5. The summed E-state index contributed by atoms with van der Waals surface area (Å²) in [6.45, 7) is 6.04. The fraction of sp³-hybridized carbons (Fsp3) is 0.542. The zero-order chi connectivity index (χ0) is 29.0. The molecular weight excluding hydrogens is 497 g/mol. The predicted octanol–water partition coefficient (Wildman–Crippen LogP) is -2.50. The minimum absolute atomic E-state index is 0.0530. The average molecular weight is 535 g/mol. The van der Waals surface area contributed by atoms with Crippen LogP contribution in [0, 0.1) is 5.92 Å². The largest absolute Gasteiger partial charge is 0.475 e. The third-order valence-electron chi connectivity index (χ3n) is 5.49. The number of hydrogen-bond donors (Lipinski definition) is 8. The van der Waals surface area contributed by atoms with Crippen LogP contribution in [0.4, 0.5) is 0 Å². The topological polar surface area (TPSA) is 220 Å². The molecule has 5 atom stereocenters. The van der Waals surface area contributed by atoms with Gasteiger partial charge in [0.1, 0.15) is 18.1 Å². The van der Waals surface area contributed by atoms with Crippen molar-refractivity contribution in [2.75, 3.05) is 0 Å². The Kier molecular flexibility index (Phi) is 13.4. The lowest BCUT2D eigenvalue weighted by Crippen LogP contribution is -2.60. The summed E-state index contributed by atoms with van der Waals surface area (Å²) < 4.78 is 0. The van der Waals surface area contributed by atoms with Crippen molar-refractivity contribution >= 4 is 36.7 Å². The number of rotatable bonds is 15. The van der Waals surface area contributed by atoms with Crippen molar-refractivity contribution in [1.82, 2.24) is 21.3 Å². The maximum absolute atomic E-state index is 13.1. The third-order valence-corrected chi connectivity index (χ3v) is 5.49. The van der Waals surface area contributed by atoms with E-state index in [1.165, 1.54) is 13.8 Å². The van der Waals surface area contributed by atoms with E-state index in [4.69, 9.17) is 5.73 Å². The van der Waals surface area contributed by atoms with Crippen LogP contribution in [-0.2, 0) is 30.4 Å². The molecule has 0 bridgehead atoms. The van der Waals surface area contributed by atoms with Crippen LogP contribution in [0.1, 0.15) is 46.1 Å². The number of benzene rings is 1. The molecule has 1 aromatic carbocycles. The molecule has 0 radical (unpaired) electrons. The van der Waals surface area contributed by atoms with Gasteiger partial charge in [0.25, 0.3) is 0 Å². The zero-order valence-corrected chi connectivity index (χ0v) is 22.0. The molecule has 0 unspecified atom stereocenters. The SMILES string of the molecule is CC(=O)N[C@H](C(=O)N[C@@H](CC(C)C)C(=O)N[C@@H](CC(N)=O)C(=O)N[C@@H](Cc1ccccc1)B(O)O)[C@@H](C)O. The van der Waals surface area contributed by atoms with E-state index in [1.807, 2.05) is 0 Å². The van der Waals surface area contributed by atoms with E-state index in [0.29, 0.717) is 5.56 Å². The second kappa shape index (κ2) is 15.7. The molecule has 14 heteroatoms. The van der Waals surface area contributed by atoms with Crippen molar-refractivity contribution in [2.45, 2.75) is 77.1 Å². The molecule has 0 saturated heterocycles. The van der Waals surface area contributed by atoms with Gasteiger partial charge in [0.2, 0.25) is 29.5 Å². The van der Waals surface area contributed by atoms with E-state index in [2.05, 4.69) is 21.3 Å². The molecule has 1 rings (SSSR count). The van der Waals surface area contributed by atoms with E-state index < -0.39 is 73.2 Å². The number of aliphatic hydroxyl groups is 1. The quantitative estimate of drug-likeness (QED) is 0.112. The molecule has 0 aliphatic rings. The van der Waals surface area contributed by atoms with Gasteiger partial charge in [0.05, 0.1) is 18.5 Å². The number of nitrogens with one attached hydrogen (secondary N) is 4. The Bertz CT molecular complexity index is 960. The Morgan fingerprint density at radius 2 is 1.42 bits per heavy atom. The number of aliphatic hydroxyl groups excluding tert-OH is 1. The van der Waals surface area contributed by atoms with Gasteiger partial charge in [-0.25, -0.2) is 0 Å². The summed E-state index contributed by atoms with van der Waals surface area (Å²) in [6.07, 6.45) is -1.68. The fourth-order valence-electron chi connectivity index (χ4n) is 3.65. The van der Waals surface area contributed by atoms with Gasteiger partial charge in [0.15, 0.2) is 0 Å². The summed E-state index contributed by atoms with van der Waals surface area (Å²) in [7, 11) is -1.94. The van der Waals surface area contributed by atoms with Crippen molar-refractivity contribution in [2.24, 2.45) is 11.7 Å². The van der Waals surface area contributed by atoms with Gasteiger partial charge in [-0.15, -0.1) is 0 Å². The summed E-state index contributed by atoms with van der Waals surface area (Å²) in [5.74, 6) is -5.25. The van der Waals surface area contributed by atoms with Crippen LogP contribution in [0.5, 0.6) is 0 Å². The molecular formula is C24H38BN5O8. The highest BCUT2D eigenvalue weighted by Crippen LogP contribution is 2.09. The molecule has 13 nitrogen and oxygen atoms in total. The van der Waals surface area contributed by atoms with Crippen LogP contribution in [0.2, 0.25) is 0 Å². The summed E-state index contributed by atoms with van der Waals surface area (Å²) in [6, 6.07) is 4.71. The minimum Gasteiger partial charge on any atom is -0.426 e. The molecule has 5 amide bonds. The Labute approximate surface area is 222 Å². The van der Waals surface area contributed by atoms with Gasteiger partial charge in [0, 0.05) is 6.92 Å². The Hall–Kier alpha value is -3.49. The molecule has 38 heavy (non-hydrogen) atoms. The number of carbonyl (C=O) groups is 5. The fourth-order valence-corrected chi connectivity index (χ4v) is 3.65. The smallest absolute Gasteiger partial charge is 0.426 e. The third kappa shape index (κ3) is 11.7. The minimum atomic E-state index is -1.94. The van der Waals surface area contributed by atoms with Crippen LogP contribution >= 0.6 is 0 Å². The van der Waals surface area contributed by atoms with E-state index in [1.54, 1.807) is 44.2 Å². The number of nitrogens with two attached hydrogens (primary N) is 1. The molecule has 0 spiro atoms. The second-order valence-corrected chi connectivity index (χ2v) is 9.56. The first-order valence-electron chi connectivity index (χ1n) is 12.3. The highest BCUT2D eigenvalue weighted by molar-refractivity contribution is 6.43. The Morgan fingerprint density at radius 3 is 1.89 bits per heavy atom. The first-order valence-corrected chi connectivity index (χ1v) is 12.3. The van der Waals surface area contributed by atoms with Crippen molar-refractivity contribution in [1.29, 1.82) is 0 Å². The van der Waals surface area contributed by atoms with Crippen LogP contribution in [-0.4, -0.2) is 82.0 Å². The molecule has 0 saturated carbocycles. The van der Waals surface area contributed by atoms with Crippen LogP contribution in [0.15, 0.2) is 30.3 Å². The monoisotopic (exact) mass is 535 g/mol. The van der Waals surface area contributed by atoms with Gasteiger partial charge in [-0.2, -0.15) is 0 Å². The molecule has 9 N–H and O–H groups in total. The number of carbonyl (C=O) groups excluding carboxylic acids is 5. The highest BCUT2D eigenvalue weighted by Gasteiger charge is 2.34. The number of primary amides is 1. The normalized spacial score (nSPS) is 14.8. The van der Waals surface area contributed by atoms with Gasteiger partial charge in [-0.05, 0) is 31.2 Å². The number of hydrogen-bond acceptors (Lipinski definition) is 8. The summed E-state index contributed by atoms with van der Waals surface area (Å²) in [4.78, 5) is 61.9. The summed E-state index contributed by atoms with van der Waals surface area (Å²) >= 11 is 0. The van der Waals surface area contributed by atoms with Crippen molar-refractivity contribution in [3.63, 3.8) is 0 Å². The van der Waals surface area contributed by atoms with Crippen molar-refractivity contribution < 1.29 is 39.1 Å². The lowest BCUT2D eigenvalue weighted by atomic mass is 9.75. The zero-order valence-electron chi connectivity index (χ0n) is 22.0. The van der Waals surface area contributed by atoms with E-state index >= 15 is 0 Å². The average Bonchev–Trinajstić information content (AvgIpc) is 2.80. The molecule has 1 aromatic rings. The molecule has 0 aliphatic carbocycles. The highest BCUT2D eigenvalue weighted by atomic mass is 16.4. The van der Waals surface area contributed by atoms with Crippen LogP contribution in [0.3, 0.4) is 0 Å². The first kappa shape index (κ1) is 32.5. The molecule has 210 valence electrons. The molecule has 0 aromatic heterocycles. The van der Waals surface area contributed by atoms with Crippen LogP contribution < -0.4 is 27.0 Å². The maximum atomic E-state index is 13.1. The van der Waals surface area contributed by atoms with Crippen molar-refractivity contribution in [3.05, 3.63) is 35.9 Å². The predicted molar refractivity (Wildman–Crippen MR) is 139 cm³/mol. The van der Waals surface area contributed by atoms with Gasteiger partial charge < -0.3 is 42.2 Å².